The van der Waals surface area contributed by atoms with E-state index in [4.69, 9.17) is 9.47 Å². The quantitative estimate of drug-likeness (QED) is 0.0353. The van der Waals surface area contributed by atoms with Crippen LogP contribution in [-0.2, 0) is 14.3 Å². The van der Waals surface area contributed by atoms with Crippen LogP contribution in [0.15, 0.2) is 0 Å². The van der Waals surface area contributed by atoms with E-state index in [1.54, 1.807) is 0 Å². The van der Waals surface area contributed by atoms with Gasteiger partial charge in [-0.3, -0.25) is 4.79 Å². The number of aliphatic hydroxyl groups excluding tert-OH is 5. The van der Waals surface area contributed by atoms with Gasteiger partial charge in [-0.25, -0.2) is 0 Å². The molecule has 6 N–H and O–H groups in total. The monoisotopic (exact) mass is 730 g/mol. The standard InChI is InChI=1S/C42H83NO8/c1-3-5-7-9-10-11-12-13-14-15-16-17-18-19-20-21-22-23-24-25-26-28-30-32-38(46)43-35(36(45)31-29-27-8-6-4-2)34-50-42-41(49)40(48)39(47)37(33-44)51-42/h35-37,39-42,44-45,47-49H,3-34H2,1-2H3,(H,43,46). The van der Waals surface area contributed by atoms with Gasteiger partial charge in [0.2, 0.25) is 5.91 Å². The van der Waals surface area contributed by atoms with Gasteiger partial charge in [-0.05, 0) is 12.8 Å². The van der Waals surface area contributed by atoms with Gasteiger partial charge in [0.15, 0.2) is 6.29 Å². The minimum atomic E-state index is -1.55. The maximum Gasteiger partial charge on any atom is 0.220 e. The Kier molecular flexibility index (Phi) is 31.9. The van der Waals surface area contributed by atoms with Crippen molar-refractivity contribution >= 4 is 5.91 Å². The lowest BCUT2D eigenvalue weighted by atomic mass is 9.99. The van der Waals surface area contributed by atoms with Crippen molar-refractivity contribution in [3.63, 3.8) is 0 Å². The first kappa shape index (κ1) is 48.2. The van der Waals surface area contributed by atoms with Gasteiger partial charge in [0.1, 0.15) is 24.4 Å². The number of aliphatic hydroxyl groups is 5. The zero-order valence-electron chi connectivity index (χ0n) is 33.1. The zero-order chi connectivity index (χ0) is 37.4. The molecule has 9 heteroatoms. The molecule has 1 heterocycles. The van der Waals surface area contributed by atoms with E-state index in [1.807, 2.05) is 0 Å². The summed E-state index contributed by atoms with van der Waals surface area (Å²) in [5.74, 6) is -0.147. The third-order valence-electron chi connectivity index (χ3n) is 10.7. The third kappa shape index (κ3) is 25.0. The molecule has 0 aliphatic carbocycles. The first-order chi connectivity index (χ1) is 24.8. The van der Waals surface area contributed by atoms with Crippen LogP contribution in [0.5, 0.6) is 0 Å². The Bertz CT molecular complexity index is 771. The minimum absolute atomic E-state index is 0.135. The van der Waals surface area contributed by atoms with Crippen LogP contribution in [0.25, 0.3) is 0 Å². The molecule has 304 valence electrons. The third-order valence-corrected chi connectivity index (χ3v) is 10.7. The first-order valence-corrected chi connectivity index (χ1v) is 21.7. The molecule has 0 spiro atoms. The molecule has 0 aromatic heterocycles. The second-order valence-electron chi connectivity index (χ2n) is 15.5. The molecule has 0 saturated carbocycles. The Morgan fingerprint density at radius 2 is 0.980 bits per heavy atom. The molecule has 51 heavy (non-hydrogen) atoms. The smallest absolute Gasteiger partial charge is 0.220 e. The van der Waals surface area contributed by atoms with Crippen molar-refractivity contribution in [3.05, 3.63) is 0 Å². The second kappa shape index (κ2) is 33.7. The highest BCUT2D eigenvalue weighted by atomic mass is 16.7. The van der Waals surface area contributed by atoms with Crippen molar-refractivity contribution in [1.29, 1.82) is 0 Å². The largest absolute Gasteiger partial charge is 0.394 e. The van der Waals surface area contributed by atoms with Gasteiger partial charge in [0.25, 0.3) is 0 Å². The van der Waals surface area contributed by atoms with Crippen LogP contribution < -0.4 is 5.32 Å². The number of hydrogen-bond acceptors (Lipinski definition) is 8. The van der Waals surface area contributed by atoms with E-state index in [2.05, 4.69) is 19.2 Å². The molecule has 7 unspecified atom stereocenters. The van der Waals surface area contributed by atoms with Crippen molar-refractivity contribution in [2.24, 2.45) is 0 Å². The molecule has 9 nitrogen and oxygen atoms in total. The van der Waals surface area contributed by atoms with Gasteiger partial charge in [-0.2, -0.15) is 0 Å². The van der Waals surface area contributed by atoms with Crippen molar-refractivity contribution in [3.8, 4) is 0 Å². The maximum atomic E-state index is 12.8. The lowest BCUT2D eigenvalue weighted by Crippen LogP contribution is -2.60. The average Bonchev–Trinajstić information content (AvgIpc) is 3.13. The number of carbonyl (C=O) groups is 1. The fraction of sp³-hybridized carbons (Fsp3) is 0.976. The van der Waals surface area contributed by atoms with Crippen molar-refractivity contribution in [2.75, 3.05) is 13.2 Å². The molecule has 0 aromatic rings. The lowest BCUT2D eigenvalue weighted by molar-refractivity contribution is -0.302. The molecule has 1 amide bonds. The maximum absolute atomic E-state index is 12.8. The molecule has 0 bridgehead atoms. The van der Waals surface area contributed by atoms with Crippen LogP contribution in [0.3, 0.4) is 0 Å². The molecule has 7 atom stereocenters. The van der Waals surface area contributed by atoms with Crippen LogP contribution in [-0.4, -0.2) is 87.5 Å². The second-order valence-corrected chi connectivity index (χ2v) is 15.5. The van der Waals surface area contributed by atoms with Crippen LogP contribution >= 0.6 is 0 Å². The molecule has 0 radical (unpaired) electrons. The minimum Gasteiger partial charge on any atom is -0.394 e. The SMILES string of the molecule is CCCCCCCCCCCCCCCCCCCCCCCCCC(=O)NC(COC1OC(CO)C(O)C(O)C1O)C(O)CCCCCCC. The number of hydrogen-bond donors (Lipinski definition) is 6. The highest BCUT2D eigenvalue weighted by molar-refractivity contribution is 5.76. The predicted molar refractivity (Wildman–Crippen MR) is 208 cm³/mol. The molecular weight excluding hydrogens is 646 g/mol. The zero-order valence-corrected chi connectivity index (χ0v) is 33.1. The normalized spacial score (nSPS) is 21.9. The molecule has 0 aromatic carbocycles. The van der Waals surface area contributed by atoms with Crippen LogP contribution in [0.2, 0.25) is 0 Å². The number of ether oxygens (including phenoxy) is 2. The van der Waals surface area contributed by atoms with Crippen LogP contribution in [0, 0.1) is 0 Å². The van der Waals surface area contributed by atoms with Crippen molar-refractivity contribution in [1.82, 2.24) is 5.32 Å². The molecule has 1 saturated heterocycles. The summed E-state index contributed by atoms with van der Waals surface area (Å²) in [5, 5.41) is 53.8. The summed E-state index contributed by atoms with van der Waals surface area (Å²) in [7, 11) is 0. The Hall–Kier alpha value is -0.810. The highest BCUT2D eigenvalue weighted by Crippen LogP contribution is 2.23. The van der Waals surface area contributed by atoms with Crippen LogP contribution in [0.1, 0.15) is 206 Å². The summed E-state index contributed by atoms with van der Waals surface area (Å²) in [6.45, 7) is 3.75. The Labute approximate surface area is 313 Å². The number of carbonyl (C=O) groups excluding carboxylic acids is 1. The van der Waals surface area contributed by atoms with E-state index in [1.165, 1.54) is 128 Å². The van der Waals surface area contributed by atoms with E-state index >= 15 is 0 Å². The fourth-order valence-corrected chi connectivity index (χ4v) is 7.16. The summed E-state index contributed by atoms with van der Waals surface area (Å²) < 4.78 is 11.1. The van der Waals surface area contributed by atoms with Gasteiger partial charge < -0.3 is 40.3 Å². The molecule has 1 aliphatic rings. The summed E-state index contributed by atoms with van der Waals surface area (Å²) in [4.78, 5) is 12.8. The predicted octanol–water partition coefficient (Wildman–Crippen LogP) is 8.39. The summed E-state index contributed by atoms with van der Waals surface area (Å²) >= 11 is 0. The molecule has 1 aliphatic heterocycles. The average molecular weight is 730 g/mol. The summed E-state index contributed by atoms with van der Waals surface area (Å²) in [6.07, 6.45) is 28.9. The Morgan fingerprint density at radius 3 is 1.39 bits per heavy atom. The van der Waals surface area contributed by atoms with E-state index in [-0.39, 0.29) is 12.5 Å². The molecule has 1 rings (SSSR count). The number of amides is 1. The van der Waals surface area contributed by atoms with Crippen molar-refractivity contribution in [2.45, 2.75) is 249 Å². The van der Waals surface area contributed by atoms with Crippen LogP contribution in [0.4, 0.5) is 0 Å². The summed E-state index contributed by atoms with van der Waals surface area (Å²) in [5.41, 5.74) is 0. The fourth-order valence-electron chi connectivity index (χ4n) is 7.16. The Morgan fingerprint density at radius 1 is 0.588 bits per heavy atom. The van der Waals surface area contributed by atoms with E-state index in [0.717, 1.165) is 51.4 Å². The molecule has 1 fully saturated rings. The number of unbranched alkanes of at least 4 members (excludes halogenated alkanes) is 26. The van der Waals surface area contributed by atoms with Gasteiger partial charge in [-0.15, -0.1) is 0 Å². The van der Waals surface area contributed by atoms with Crippen molar-refractivity contribution < 1.29 is 39.8 Å². The lowest BCUT2D eigenvalue weighted by Gasteiger charge is -2.40. The summed E-state index contributed by atoms with van der Waals surface area (Å²) in [6, 6.07) is -0.708. The van der Waals surface area contributed by atoms with E-state index in [9.17, 15) is 30.3 Å². The highest BCUT2D eigenvalue weighted by Gasteiger charge is 2.44. The number of rotatable bonds is 36. The van der Waals surface area contributed by atoms with Gasteiger partial charge in [-0.1, -0.05) is 187 Å². The first-order valence-electron chi connectivity index (χ1n) is 21.7. The molecular formula is C42H83NO8. The Balaban J connectivity index is 2.13. The van der Waals surface area contributed by atoms with E-state index < -0.39 is 49.5 Å². The van der Waals surface area contributed by atoms with E-state index in [0.29, 0.717) is 12.8 Å². The number of nitrogens with one attached hydrogen (secondary N) is 1. The van der Waals surface area contributed by atoms with Gasteiger partial charge in [0.05, 0.1) is 25.4 Å². The van der Waals surface area contributed by atoms with Gasteiger partial charge in [0, 0.05) is 6.42 Å². The topological polar surface area (TPSA) is 149 Å². The van der Waals surface area contributed by atoms with Gasteiger partial charge >= 0.3 is 0 Å².